The summed E-state index contributed by atoms with van der Waals surface area (Å²) in [4.78, 5) is 30.5. The van der Waals surface area contributed by atoms with Crippen LogP contribution >= 0.6 is 0 Å². The summed E-state index contributed by atoms with van der Waals surface area (Å²) in [6.45, 7) is 1.11. The van der Waals surface area contributed by atoms with Crippen molar-refractivity contribution in [2.24, 2.45) is 0 Å². The van der Waals surface area contributed by atoms with Gasteiger partial charge in [-0.3, -0.25) is 14.6 Å². The minimum absolute atomic E-state index is 0.0761. The van der Waals surface area contributed by atoms with Crippen LogP contribution in [0.2, 0.25) is 0 Å². The maximum absolute atomic E-state index is 12.4. The van der Waals surface area contributed by atoms with Gasteiger partial charge < -0.3 is 10.2 Å². The van der Waals surface area contributed by atoms with Gasteiger partial charge in [-0.15, -0.1) is 0 Å². The van der Waals surface area contributed by atoms with Crippen LogP contribution in [0.15, 0.2) is 67.0 Å². The van der Waals surface area contributed by atoms with Crippen molar-refractivity contribution in [3.8, 4) is 0 Å². The number of hydrogen-bond acceptors (Lipinski definition) is 3. The molecule has 2 heterocycles. The number of fused-ring (bicyclic) bond motifs is 1. The van der Waals surface area contributed by atoms with Crippen LogP contribution in [0.1, 0.15) is 17.5 Å². The van der Waals surface area contributed by atoms with Gasteiger partial charge in [-0.2, -0.15) is 0 Å². The summed E-state index contributed by atoms with van der Waals surface area (Å²) in [5, 5.41) is 5.31. The summed E-state index contributed by atoms with van der Waals surface area (Å²) < 4.78 is 0. The molecule has 3 aromatic rings. The van der Waals surface area contributed by atoms with Crippen molar-refractivity contribution in [2.45, 2.75) is 25.4 Å². The van der Waals surface area contributed by atoms with Crippen molar-refractivity contribution >= 4 is 22.6 Å². The monoisotopic (exact) mass is 359 g/mol. The molecule has 4 rings (SSSR count). The molecular formula is C22H21N3O2. The second-order valence-corrected chi connectivity index (χ2v) is 6.92. The maximum Gasteiger partial charge on any atom is 0.225 e. The van der Waals surface area contributed by atoms with Gasteiger partial charge in [-0.1, -0.05) is 48.5 Å². The number of likely N-dealkylation sites (tertiary alicyclic amines) is 1. The van der Waals surface area contributed by atoms with Gasteiger partial charge in [0.2, 0.25) is 11.8 Å². The molecule has 1 aliphatic rings. The lowest BCUT2D eigenvalue weighted by Gasteiger charge is -2.18. The first kappa shape index (κ1) is 17.2. The average molecular weight is 359 g/mol. The average Bonchev–Trinajstić information content (AvgIpc) is 3.01. The van der Waals surface area contributed by atoms with Crippen LogP contribution in [0.25, 0.3) is 10.8 Å². The van der Waals surface area contributed by atoms with Gasteiger partial charge in [0.25, 0.3) is 0 Å². The minimum Gasteiger partial charge on any atom is -0.351 e. The molecule has 0 bridgehead atoms. The number of carbonyl (C=O) groups excluding carboxylic acids is 2. The normalized spacial score (nSPS) is 16.7. The molecule has 0 aliphatic carbocycles. The van der Waals surface area contributed by atoms with Gasteiger partial charge in [0.15, 0.2) is 0 Å². The molecule has 1 saturated heterocycles. The fourth-order valence-corrected chi connectivity index (χ4v) is 3.62. The summed E-state index contributed by atoms with van der Waals surface area (Å²) in [7, 11) is 0. The molecule has 0 spiro atoms. The second-order valence-electron chi connectivity index (χ2n) is 6.92. The first-order chi connectivity index (χ1) is 13.2. The van der Waals surface area contributed by atoms with Gasteiger partial charge in [0, 0.05) is 31.9 Å². The van der Waals surface area contributed by atoms with Crippen LogP contribution < -0.4 is 5.32 Å². The van der Waals surface area contributed by atoms with E-state index in [1.807, 2.05) is 35.2 Å². The van der Waals surface area contributed by atoms with Crippen molar-refractivity contribution in [2.75, 3.05) is 6.54 Å². The number of rotatable bonds is 5. The number of nitrogens with one attached hydrogen (secondary N) is 1. The number of benzene rings is 2. The zero-order valence-electron chi connectivity index (χ0n) is 15.0. The Balaban J connectivity index is 1.39. The molecule has 1 N–H and O–H groups in total. The molecule has 1 aliphatic heterocycles. The van der Waals surface area contributed by atoms with E-state index in [9.17, 15) is 9.59 Å². The van der Waals surface area contributed by atoms with E-state index in [0.29, 0.717) is 19.5 Å². The smallest absolute Gasteiger partial charge is 0.225 e. The van der Waals surface area contributed by atoms with Gasteiger partial charge in [-0.05, 0) is 28.0 Å². The van der Waals surface area contributed by atoms with Gasteiger partial charge >= 0.3 is 0 Å². The molecule has 136 valence electrons. The minimum atomic E-state index is -0.142. The van der Waals surface area contributed by atoms with E-state index in [-0.39, 0.29) is 24.3 Å². The van der Waals surface area contributed by atoms with Crippen LogP contribution in [-0.4, -0.2) is 34.3 Å². The van der Waals surface area contributed by atoms with Crippen molar-refractivity contribution in [3.05, 3.63) is 78.1 Å². The second kappa shape index (κ2) is 7.58. The lowest BCUT2D eigenvalue weighted by molar-refractivity contribution is -0.128. The summed E-state index contributed by atoms with van der Waals surface area (Å²) >= 11 is 0. The molecule has 2 amide bonds. The third kappa shape index (κ3) is 3.97. The molecule has 27 heavy (non-hydrogen) atoms. The van der Waals surface area contributed by atoms with E-state index in [0.717, 1.165) is 16.5 Å². The summed E-state index contributed by atoms with van der Waals surface area (Å²) in [5.41, 5.74) is 2.00. The lowest BCUT2D eigenvalue weighted by Crippen LogP contribution is -2.37. The molecule has 2 aromatic carbocycles. The fraction of sp³-hybridized carbons (Fsp3) is 0.227. The summed E-state index contributed by atoms with van der Waals surface area (Å²) in [6.07, 6.45) is 4.00. The highest BCUT2D eigenvalue weighted by molar-refractivity contribution is 5.87. The van der Waals surface area contributed by atoms with Gasteiger partial charge in [0.05, 0.1) is 12.5 Å². The highest BCUT2D eigenvalue weighted by Gasteiger charge is 2.30. The standard InChI is InChI=1S/C22H21N3O2/c26-21(11-16-5-4-10-23-13-16)24-19-12-22(27)25(15-19)14-18-8-3-7-17-6-1-2-9-20(17)18/h1-10,13,19H,11-12,14-15H2,(H,24,26)/t19-/m0/s1. The van der Waals surface area contributed by atoms with Crippen molar-refractivity contribution < 1.29 is 9.59 Å². The maximum atomic E-state index is 12.4. The largest absolute Gasteiger partial charge is 0.351 e. The summed E-state index contributed by atoms with van der Waals surface area (Å²) in [5.74, 6) is 0.00224. The molecule has 0 radical (unpaired) electrons. The lowest BCUT2D eigenvalue weighted by atomic mass is 10.0. The van der Waals surface area contributed by atoms with Crippen LogP contribution in [-0.2, 0) is 22.6 Å². The van der Waals surface area contributed by atoms with E-state index in [2.05, 4.69) is 34.6 Å². The molecular weight excluding hydrogens is 338 g/mol. The van der Waals surface area contributed by atoms with E-state index < -0.39 is 0 Å². The number of amides is 2. The van der Waals surface area contributed by atoms with Crippen molar-refractivity contribution in [1.82, 2.24) is 15.2 Å². The Hall–Kier alpha value is -3.21. The Bertz CT molecular complexity index is 966. The molecule has 1 atom stereocenters. The third-order valence-corrected chi connectivity index (χ3v) is 4.91. The van der Waals surface area contributed by atoms with Crippen LogP contribution in [0.4, 0.5) is 0 Å². The Morgan fingerprint density at radius 2 is 1.96 bits per heavy atom. The topological polar surface area (TPSA) is 62.3 Å². The molecule has 0 saturated carbocycles. The fourth-order valence-electron chi connectivity index (χ4n) is 3.62. The molecule has 5 nitrogen and oxygen atoms in total. The zero-order valence-corrected chi connectivity index (χ0v) is 15.0. The van der Waals surface area contributed by atoms with E-state index in [1.54, 1.807) is 12.4 Å². The molecule has 1 fully saturated rings. The number of carbonyl (C=O) groups is 2. The Morgan fingerprint density at radius 1 is 1.11 bits per heavy atom. The van der Waals surface area contributed by atoms with Crippen molar-refractivity contribution in [1.29, 1.82) is 0 Å². The highest BCUT2D eigenvalue weighted by atomic mass is 16.2. The SMILES string of the molecule is O=C(Cc1cccnc1)N[C@H]1CC(=O)N(Cc2cccc3ccccc23)C1. The number of hydrogen-bond donors (Lipinski definition) is 1. The Kier molecular flexibility index (Phi) is 4.83. The number of pyridine rings is 1. The first-order valence-electron chi connectivity index (χ1n) is 9.12. The number of nitrogens with zero attached hydrogens (tertiary/aromatic N) is 2. The quantitative estimate of drug-likeness (QED) is 0.762. The Labute approximate surface area is 158 Å². The van der Waals surface area contributed by atoms with Crippen molar-refractivity contribution in [3.63, 3.8) is 0 Å². The molecule has 1 aromatic heterocycles. The van der Waals surface area contributed by atoms with Gasteiger partial charge in [-0.25, -0.2) is 0 Å². The molecule has 0 unspecified atom stereocenters. The van der Waals surface area contributed by atoms with Gasteiger partial charge in [0.1, 0.15) is 0 Å². The highest BCUT2D eigenvalue weighted by Crippen LogP contribution is 2.22. The number of aromatic nitrogens is 1. The molecule has 5 heteroatoms. The van der Waals surface area contributed by atoms with Crippen LogP contribution in [0, 0.1) is 0 Å². The Morgan fingerprint density at radius 3 is 2.81 bits per heavy atom. The van der Waals surface area contributed by atoms with Crippen LogP contribution in [0.5, 0.6) is 0 Å². The predicted molar refractivity (Wildman–Crippen MR) is 104 cm³/mol. The first-order valence-corrected chi connectivity index (χ1v) is 9.12. The van der Waals surface area contributed by atoms with Crippen LogP contribution in [0.3, 0.4) is 0 Å². The van der Waals surface area contributed by atoms with E-state index >= 15 is 0 Å². The zero-order chi connectivity index (χ0) is 18.6. The van der Waals surface area contributed by atoms with E-state index in [1.165, 1.54) is 5.39 Å². The summed E-state index contributed by atoms with van der Waals surface area (Å²) in [6, 6.07) is 17.9. The van der Waals surface area contributed by atoms with E-state index in [4.69, 9.17) is 0 Å². The predicted octanol–water partition coefficient (Wildman–Crippen LogP) is 2.69. The third-order valence-electron chi connectivity index (χ3n) is 4.91.